The van der Waals surface area contributed by atoms with Gasteiger partial charge in [-0.25, -0.2) is 0 Å². The normalized spacial score (nSPS) is 19.9. The van der Waals surface area contributed by atoms with Crippen LogP contribution in [0.5, 0.6) is 0 Å². The van der Waals surface area contributed by atoms with Crippen LogP contribution in [0.1, 0.15) is 49.3 Å². The molecule has 7 heteroatoms. The Kier molecular flexibility index (Phi) is 5.12. The molecule has 0 aliphatic carbocycles. The highest BCUT2D eigenvalue weighted by atomic mass is 15.5. The molecule has 1 aliphatic rings. The zero-order valence-corrected chi connectivity index (χ0v) is 16.8. The molecule has 1 N–H and O–H groups in total. The molecule has 1 atom stereocenters. The number of nitrogens with zero attached hydrogens (tertiary/aromatic N) is 6. The zero-order chi connectivity index (χ0) is 20.3. The van der Waals surface area contributed by atoms with Crippen LogP contribution in [0.4, 0.5) is 0 Å². The van der Waals surface area contributed by atoms with E-state index in [-0.39, 0.29) is 11.0 Å². The van der Waals surface area contributed by atoms with Gasteiger partial charge in [0.2, 0.25) is 0 Å². The van der Waals surface area contributed by atoms with Gasteiger partial charge in [-0.05, 0) is 62.9 Å². The van der Waals surface area contributed by atoms with Gasteiger partial charge < -0.3 is 0 Å². The quantitative estimate of drug-likeness (QED) is 0.699. The van der Waals surface area contributed by atoms with Crippen LogP contribution in [-0.2, 0) is 17.4 Å². The van der Waals surface area contributed by atoms with Crippen molar-refractivity contribution in [1.82, 2.24) is 30.5 Å². The summed E-state index contributed by atoms with van der Waals surface area (Å²) < 4.78 is 0. The molecule has 148 valence electrons. The lowest BCUT2D eigenvalue weighted by Gasteiger charge is -2.36. The fourth-order valence-electron chi connectivity index (χ4n) is 4.25. The molecule has 4 rings (SSSR count). The Hall–Kier alpha value is -3.11. The summed E-state index contributed by atoms with van der Waals surface area (Å²) in [4.78, 5) is 7.07. The number of nitriles is 1. The number of aromatic amines is 1. The van der Waals surface area contributed by atoms with E-state index in [0.717, 1.165) is 43.9 Å². The highest BCUT2D eigenvalue weighted by Gasteiger charge is 2.47. The first-order valence-corrected chi connectivity index (χ1v) is 9.93. The number of hydrogen-bond acceptors (Lipinski definition) is 6. The largest absolute Gasteiger partial charge is 0.292 e. The van der Waals surface area contributed by atoms with E-state index in [1.54, 1.807) is 0 Å². The summed E-state index contributed by atoms with van der Waals surface area (Å²) in [6.07, 6.45) is 4.65. The maximum absolute atomic E-state index is 9.01. The number of nitrogens with one attached hydrogen (secondary N) is 1. The van der Waals surface area contributed by atoms with Crippen LogP contribution in [-0.4, -0.2) is 43.6 Å². The average molecular weight is 387 g/mol. The Morgan fingerprint density at radius 1 is 1.21 bits per heavy atom. The van der Waals surface area contributed by atoms with Crippen molar-refractivity contribution >= 4 is 0 Å². The van der Waals surface area contributed by atoms with E-state index in [2.05, 4.69) is 56.5 Å². The SMILES string of the molecule is CC(C)(c1ccccn1)N1CC[C@@](CCc2ccc(C#N)cc2)(c2nn[nH]n2)C1. The van der Waals surface area contributed by atoms with Crippen LogP contribution in [0.2, 0.25) is 0 Å². The van der Waals surface area contributed by atoms with Crippen molar-refractivity contribution < 1.29 is 0 Å². The molecule has 1 aromatic carbocycles. The molecule has 1 aliphatic heterocycles. The number of aromatic nitrogens is 5. The van der Waals surface area contributed by atoms with Crippen LogP contribution in [0.3, 0.4) is 0 Å². The van der Waals surface area contributed by atoms with Crippen molar-refractivity contribution in [2.75, 3.05) is 13.1 Å². The van der Waals surface area contributed by atoms with Crippen molar-refractivity contribution in [2.24, 2.45) is 0 Å². The lowest BCUT2D eigenvalue weighted by molar-refractivity contribution is 0.137. The lowest BCUT2D eigenvalue weighted by Crippen LogP contribution is -2.43. The van der Waals surface area contributed by atoms with Crippen molar-refractivity contribution in [3.8, 4) is 6.07 Å². The molecule has 0 radical (unpaired) electrons. The number of likely N-dealkylation sites (tertiary alicyclic amines) is 1. The van der Waals surface area contributed by atoms with Gasteiger partial charge in [-0.3, -0.25) is 9.88 Å². The Balaban J connectivity index is 1.56. The van der Waals surface area contributed by atoms with Crippen LogP contribution < -0.4 is 0 Å². The molecule has 0 amide bonds. The van der Waals surface area contributed by atoms with Crippen LogP contribution >= 0.6 is 0 Å². The molecule has 0 unspecified atom stereocenters. The first-order valence-electron chi connectivity index (χ1n) is 9.93. The monoisotopic (exact) mass is 387 g/mol. The molecule has 1 fully saturated rings. The van der Waals surface area contributed by atoms with Gasteiger partial charge in [-0.2, -0.15) is 10.5 Å². The van der Waals surface area contributed by atoms with Gasteiger partial charge >= 0.3 is 0 Å². The summed E-state index contributed by atoms with van der Waals surface area (Å²) in [5.41, 5.74) is 2.63. The van der Waals surface area contributed by atoms with Crippen LogP contribution in [0.15, 0.2) is 48.7 Å². The number of aryl methyl sites for hydroxylation is 1. The third kappa shape index (κ3) is 3.76. The predicted molar refractivity (Wildman–Crippen MR) is 109 cm³/mol. The average Bonchev–Trinajstić information content (AvgIpc) is 3.44. The van der Waals surface area contributed by atoms with E-state index < -0.39 is 0 Å². The van der Waals surface area contributed by atoms with Gasteiger partial charge in [0.15, 0.2) is 5.82 Å². The molecular formula is C22H25N7. The first kappa shape index (κ1) is 19.2. The molecule has 3 aromatic rings. The summed E-state index contributed by atoms with van der Waals surface area (Å²) in [7, 11) is 0. The fourth-order valence-corrected chi connectivity index (χ4v) is 4.25. The summed E-state index contributed by atoms with van der Waals surface area (Å²) >= 11 is 0. The highest BCUT2D eigenvalue weighted by molar-refractivity contribution is 5.32. The zero-order valence-electron chi connectivity index (χ0n) is 16.8. The Bertz CT molecular complexity index is 974. The minimum absolute atomic E-state index is 0.160. The standard InChI is InChI=1S/C22H25N7/c1-21(2,19-5-3-4-13-24-19)29-14-12-22(16-29,20-25-27-28-26-20)11-10-17-6-8-18(15-23)9-7-17/h3-9,13H,10-12,14,16H2,1-2H3,(H,25,26,27,28)/t22-/m1/s1. The van der Waals surface area contributed by atoms with Crippen molar-refractivity contribution in [3.05, 3.63) is 71.3 Å². The second kappa shape index (κ2) is 7.72. The topological polar surface area (TPSA) is 94.4 Å². The van der Waals surface area contributed by atoms with Crippen LogP contribution in [0, 0.1) is 11.3 Å². The minimum Gasteiger partial charge on any atom is -0.292 e. The summed E-state index contributed by atoms with van der Waals surface area (Å²) in [5.74, 6) is 0.783. The van der Waals surface area contributed by atoms with Crippen molar-refractivity contribution in [2.45, 2.75) is 44.1 Å². The lowest BCUT2D eigenvalue weighted by atomic mass is 9.80. The summed E-state index contributed by atoms with van der Waals surface area (Å²) in [6, 6.07) is 16.1. The van der Waals surface area contributed by atoms with Gasteiger partial charge in [0.1, 0.15) is 0 Å². The van der Waals surface area contributed by atoms with Gasteiger partial charge in [0.25, 0.3) is 0 Å². The van der Waals surface area contributed by atoms with Crippen molar-refractivity contribution in [3.63, 3.8) is 0 Å². The maximum atomic E-state index is 9.01. The fraction of sp³-hybridized carbons (Fsp3) is 0.409. The van der Waals surface area contributed by atoms with E-state index in [1.165, 1.54) is 5.56 Å². The number of benzene rings is 1. The smallest absolute Gasteiger partial charge is 0.182 e. The number of pyridine rings is 1. The maximum Gasteiger partial charge on any atom is 0.182 e. The third-order valence-corrected chi connectivity index (χ3v) is 6.23. The predicted octanol–water partition coefficient (Wildman–Crippen LogP) is 2.98. The Labute approximate surface area is 170 Å². The van der Waals surface area contributed by atoms with Gasteiger partial charge in [0, 0.05) is 24.7 Å². The Morgan fingerprint density at radius 3 is 2.69 bits per heavy atom. The second-order valence-electron chi connectivity index (χ2n) is 8.27. The molecule has 1 saturated heterocycles. The van der Waals surface area contributed by atoms with Gasteiger partial charge in [0.05, 0.1) is 22.9 Å². The number of tetrazole rings is 1. The first-order chi connectivity index (χ1) is 14.0. The molecule has 0 bridgehead atoms. The minimum atomic E-state index is -0.179. The molecule has 0 saturated carbocycles. The number of rotatable bonds is 6. The van der Waals surface area contributed by atoms with E-state index in [9.17, 15) is 0 Å². The third-order valence-electron chi connectivity index (χ3n) is 6.23. The molecule has 7 nitrogen and oxygen atoms in total. The van der Waals surface area contributed by atoms with E-state index in [0.29, 0.717) is 5.56 Å². The second-order valence-corrected chi connectivity index (χ2v) is 8.27. The molecule has 3 heterocycles. The van der Waals surface area contributed by atoms with Gasteiger partial charge in [-0.15, -0.1) is 10.2 Å². The number of H-pyrrole nitrogens is 1. The van der Waals surface area contributed by atoms with E-state index >= 15 is 0 Å². The van der Waals surface area contributed by atoms with Crippen molar-refractivity contribution in [1.29, 1.82) is 5.26 Å². The number of hydrogen-bond donors (Lipinski definition) is 1. The van der Waals surface area contributed by atoms with Crippen LogP contribution in [0.25, 0.3) is 0 Å². The van der Waals surface area contributed by atoms with E-state index in [4.69, 9.17) is 5.26 Å². The molecular weight excluding hydrogens is 362 g/mol. The Morgan fingerprint density at radius 2 is 2.03 bits per heavy atom. The van der Waals surface area contributed by atoms with E-state index in [1.807, 2.05) is 42.6 Å². The highest BCUT2D eigenvalue weighted by Crippen LogP contribution is 2.41. The molecule has 0 spiro atoms. The summed E-state index contributed by atoms with van der Waals surface area (Å²) in [6.45, 7) is 6.25. The molecule has 29 heavy (non-hydrogen) atoms. The molecule has 2 aromatic heterocycles. The van der Waals surface area contributed by atoms with Gasteiger partial charge in [-0.1, -0.05) is 23.4 Å². The summed E-state index contributed by atoms with van der Waals surface area (Å²) in [5, 5.41) is 24.2.